The van der Waals surface area contributed by atoms with Crippen LogP contribution < -0.4 is 4.72 Å². The zero-order valence-corrected chi connectivity index (χ0v) is 17.1. The second-order valence-corrected chi connectivity index (χ2v) is 9.44. The molecule has 0 fully saturated rings. The zero-order valence-electron chi connectivity index (χ0n) is 15.5. The number of sulfone groups is 1. The fourth-order valence-electron chi connectivity index (χ4n) is 2.68. The number of hydrogen-bond donors (Lipinski definition) is 1. The molecule has 156 valence electrons. The summed E-state index contributed by atoms with van der Waals surface area (Å²) < 4.78 is 79.4. The predicted molar refractivity (Wildman–Crippen MR) is 102 cm³/mol. The van der Waals surface area contributed by atoms with E-state index in [-0.39, 0.29) is 38.9 Å². The smallest absolute Gasteiger partial charge is 0.433 e. The van der Waals surface area contributed by atoms with Gasteiger partial charge in [0.15, 0.2) is 15.7 Å². The molecule has 1 atom stereocenters. The lowest BCUT2D eigenvalue weighted by molar-refractivity contribution is -0.141. The van der Waals surface area contributed by atoms with Gasteiger partial charge in [-0.2, -0.15) is 13.2 Å². The Morgan fingerprint density at radius 3 is 2.52 bits per heavy atom. The van der Waals surface area contributed by atoms with Crippen molar-refractivity contribution in [3.63, 3.8) is 0 Å². The maximum atomic E-state index is 12.9. The van der Waals surface area contributed by atoms with Crippen molar-refractivity contribution in [1.29, 1.82) is 0 Å². The van der Waals surface area contributed by atoms with Crippen LogP contribution in [0.25, 0.3) is 22.6 Å². The number of aromatic nitrogens is 4. The molecule has 29 heavy (non-hydrogen) atoms. The zero-order chi connectivity index (χ0) is 21.6. The number of fused-ring (bicyclic) bond motifs is 1. The molecule has 1 N–H and O–H groups in total. The minimum absolute atomic E-state index is 0.00309. The summed E-state index contributed by atoms with van der Waals surface area (Å²) in [6.07, 6.45) is -0.953. The lowest BCUT2D eigenvalue weighted by Gasteiger charge is -2.12. The van der Waals surface area contributed by atoms with Crippen LogP contribution in [-0.4, -0.2) is 44.5 Å². The minimum atomic E-state index is -4.63. The Hall–Kier alpha value is -2.38. The van der Waals surface area contributed by atoms with Gasteiger partial charge in [0.2, 0.25) is 0 Å². The fourth-order valence-corrected chi connectivity index (χ4v) is 4.18. The first-order valence-electron chi connectivity index (χ1n) is 8.17. The van der Waals surface area contributed by atoms with Crippen molar-refractivity contribution in [2.75, 3.05) is 16.7 Å². The summed E-state index contributed by atoms with van der Waals surface area (Å²) in [4.78, 5) is 11.6. The Kier molecular flexibility index (Phi) is 5.49. The van der Waals surface area contributed by atoms with Gasteiger partial charge in [0.05, 0.1) is 45.4 Å². The normalized spacial score (nSPS) is 13.6. The number of alkyl halides is 3. The van der Waals surface area contributed by atoms with Crippen molar-refractivity contribution in [2.24, 2.45) is 7.05 Å². The molecule has 0 saturated heterocycles. The summed E-state index contributed by atoms with van der Waals surface area (Å²) in [6, 6.07) is 2.07. The molecule has 1 unspecified atom stereocenters. The third-order valence-electron chi connectivity index (χ3n) is 4.10. The van der Waals surface area contributed by atoms with Gasteiger partial charge in [0.25, 0.3) is 0 Å². The van der Waals surface area contributed by atoms with Crippen LogP contribution in [-0.2, 0) is 34.4 Å². The molecular formula is C16H16F3N5O3S2. The van der Waals surface area contributed by atoms with Crippen molar-refractivity contribution in [3.8, 4) is 11.5 Å². The molecule has 0 aromatic carbocycles. The molecule has 0 aliphatic carbocycles. The first kappa shape index (κ1) is 21.3. The van der Waals surface area contributed by atoms with Gasteiger partial charge >= 0.3 is 6.18 Å². The lowest BCUT2D eigenvalue weighted by Crippen LogP contribution is -2.13. The Balaban J connectivity index is 2.24. The number of aryl methyl sites for hydroxylation is 1. The Morgan fingerprint density at radius 1 is 1.24 bits per heavy atom. The molecule has 13 heteroatoms. The fraction of sp³-hybridized carbons (Fsp3) is 0.312. The Morgan fingerprint density at radius 2 is 1.93 bits per heavy atom. The van der Waals surface area contributed by atoms with Gasteiger partial charge in [-0.3, -0.25) is 0 Å². The molecule has 0 saturated carbocycles. The maximum absolute atomic E-state index is 12.9. The molecule has 0 bridgehead atoms. The second kappa shape index (κ2) is 7.46. The van der Waals surface area contributed by atoms with E-state index in [4.69, 9.17) is 0 Å². The number of hydrogen-bond acceptors (Lipinski definition) is 7. The van der Waals surface area contributed by atoms with E-state index in [1.54, 1.807) is 0 Å². The summed E-state index contributed by atoms with van der Waals surface area (Å²) in [5.41, 5.74) is -0.614. The number of halogens is 3. The topological polar surface area (TPSA) is 113 Å². The molecule has 3 aromatic rings. The third kappa shape index (κ3) is 4.16. The standard InChI is InChI=1S/C16H16F3N5O3S2/c1-4-29(26,27)12-5-9(23-28(3)25)7-21-14(12)15-22-10-6-13(16(17,18)19)20-8-11(10)24(15)2/h5-8,23H,4H2,1-3H3. The van der Waals surface area contributed by atoms with Gasteiger partial charge in [-0.05, 0) is 12.1 Å². The van der Waals surface area contributed by atoms with E-state index < -0.39 is 33.1 Å². The average molecular weight is 447 g/mol. The van der Waals surface area contributed by atoms with E-state index in [0.29, 0.717) is 0 Å². The van der Waals surface area contributed by atoms with Crippen LogP contribution in [0.1, 0.15) is 12.6 Å². The summed E-state index contributed by atoms with van der Waals surface area (Å²) in [6.45, 7) is 1.45. The molecule has 0 aliphatic rings. The molecule has 3 heterocycles. The quantitative estimate of drug-likeness (QED) is 0.598. The first-order valence-corrected chi connectivity index (χ1v) is 11.4. The van der Waals surface area contributed by atoms with Crippen molar-refractivity contribution < 1.29 is 26.1 Å². The van der Waals surface area contributed by atoms with Crippen LogP contribution in [0, 0.1) is 0 Å². The number of nitrogens with zero attached hydrogens (tertiary/aromatic N) is 4. The monoisotopic (exact) mass is 447 g/mol. The molecule has 8 nitrogen and oxygen atoms in total. The lowest BCUT2D eigenvalue weighted by atomic mass is 10.3. The van der Waals surface area contributed by atoms with Crippen LogP contribution >= 0.6 is 0 Å². The summed E-state index contributed by atoms with van der Waals surface area (Å²) in [5, 5.41) is 0. The van der Waals surface area contributed by atoms with Gasteiger partial charge in [-0.25, -0.2) is 28.1 Å². The molecule has 0 radical (unpaired) electrons. The van der Waals surface area contributed by atoms with Crippen molar-refractivity contribution in [2.45, 2.75) is 18.0 Å². The highest BCUT2D eigenvalue weighted by atomic mass is 32.2. The summed E-state index contributed by atoms with van der Waals surface area (Å²) >= 11 is -1.45. The average Bonchev–Trinajstić information content (AvgIpc) is 2.96. The van der Waals surface area contributed by atoms with Gasteiger partial charge in [-0.15, -0.1) is 0 Å². The number of rotatable bonds is 5. The van der Waals surface area contributed by atoms with Crippen LogP contribution in [0.5, 0.6) is 0 Å². The van der Waals surface area contributed by atoms with Crippen LogP contribution in [0.15, 0.2) is 29.4 Å². The van der Waals surface area contributed by atoms with E-state index in [1.165, 1.54) is 37.1 Å². The van der Waals surface area contributed by atoms with Gasteiger partial charge in [-0.1, -0.05) is 6.92 Å². The van der Waals surface area contributed by atoms with E-state index >= 15 is 0 Å². The Labute approximate surface area is 167 Å². The van der Waals surface area contributed by atoms with E-state index in [0.717, 1.165) is 12.3 Å². The molecule has 3 rings (SSSR count). The molecular weight excluding hydrogens is 431 g/mol. The highest BCUT2D eigenvalue weighted by Gasteiger charge is 2.33. The molecule has 3 aromatic heterocycles. The van der Waals surface area contributed by atoms with E-state index in [9.17, 15) is 26.1 Å². The van der Waals surface area contributed by atoms with Crippen LogP contribution in [0.3, 0.4) is 0 Å². The molecule has 0 spiro atoms. The van der Waals surface area contributed by atoms with Crippen LogP contribution in [0.2, 0.25) is 0 Å². The second-order valence-electron chi connectivity index (χ2n) is 6.08. The summed E-state index contributed by atoms with van der Waals surface area (Å²) in [7, 11) is -2.25. The third-order valence-corrected chi connectivity index (χ3v) is 6.36. The predicted octanol–water partition coefficient (Wildman–Crippen LogP) is 2.55. The molecule has 0 amide bonds. The van der Waals surface area contributed by atoms with E-state index in [1.807, 2.05) is 0 Å². The Bertz CT molecular complexity index is 1180. The van der Waals surface area contributed by atoms with Crippen LogP contribution in [0.4, 0.5) is 18.9 Å². The van der Waals surface area contributed by atoms with Gasteiger partial charge < -0.3 is 9.12 Å². The number of imidazole rings is 1. The van der Waals surface area contributed by atoms with Crippen molar-refractivity contribution >= 4 is 37.9 Å². The minimum Gasteiger partial charge on any atom is -0.593 e. The van der Waals surface area contributed by atoms with Crippen molar-refractivity contribution in [3.05, 3.63) is 30.2 Å². The summed E-state index contributed by atoms with van der Waals surface area (Å²) in [5.74, 6) is -0.165. The maximum Gasteiger partial charge on any atom is 0.433 e. The van der Waals surface area contributed by atoms with E-state index in [2.05, 4.69) is 19.7 Å². The first-order chi connectivity index (χ1) is 13.4. The largest absolute Gasteiger partial charge is 0.593 e. The highest BCUT2D eigenvalue weighted by molar-refractivity contribution is 7.92. The molecule has 0 aliphatic heterocycles. The van der Waals surface area contributed by atoms with Crippen molar-refractivity contribution in [1.82, 2.24) is 19.5 Å². The number of nitrogens with one attached hydrogen (secondary N) is 1. The van der Waals surface area contributed by atoms with Gasteiger partial charge in [0, 0.05) is 7.05 Å². The number of anilines is 1. The highest BCUT2D eigenvalue weighted by Crippen LogP contribution is 2.33. The number of pyridine rings is 2. The van der Waals surface area contributed by atoms with Gasteiger partial charge in [0.1, 0.15) is 23.3 Å². The SMILES string of the molecule is CCS(=O)(=O)c1cc(N[S+](C)[O-])cnc1-c1nc2cc(C(F)(F)F)ncc2n1C.